The molecule has 2 heterocycles. The number of likely N-dealkylation sites (tertiary alicyclic amines) is 1. The van der Waals surface area contributed by atoms with Gasteiger partial charge in [0.15, 0.2) is 0 Å². The molecule has 160 valence electrons. The number of pyridine rings is 1. The van der Waals surface area contributed by atoms with Crippen molar-refractivity contribution in [3.8, 4) is 11.5 Å². The predicted octanol–water partition coefficient (Wildman–Crippen LogP) is 4.87. The summed E-state index contributed by atoms with van der Waals surface area (Å²) in [6.07, 6.45) is 1.12. The predicted molar refractivity (Wildman–Crippen MR) is 108 cm³/mol. The Labute approximate surface area is 173 Å². The van der Waals surface area contributed by atoms with Crippen molar-refractivity contribution in [3.05, 3.63) is 60.6 Å². The smallest absolute Gasteiger partial charge is 0.257 e. The zero-order valence-corrected chi connectivity index (χ0v) is 16.9. The fourth-order valence-corrected chi connectivity index (χ4v) is 3.34. The molecule has 1 N–H and O–H groups in total. The van der Waals surface area contributed by atoms with Crippen LogP contribution in [0.5, 0.6) is 11.5 Å². The van der Waals surface area contributed by atoms with Gasteiger partial charge in [0, 0.05) is 19.5 Å². The molecule has 30 heavy (non-hydrogen) atoms. The van der Waals surface area contributed by atoms with E-state index in [0.717, 1.165) is 0 Å². The van der Waals surface area contributed by atoms with Crippen molar-refractivity contribution < 1.29 is 22.7 Å². The van der Waals surface area contributed by atoms with E-state index in [2.05, 4.69) is 16.9 Å². The van der Waals surface area contributed by atoms with Crippen LogP contribution in [-0.2, 0) is 4.79 Å². The molecule has 2 unspecified atom stereocenters. The van der Waals surface area contributed by atoms with E-state index >= 15 is 0 Å². The number of amides is 1. The van der Waals surface area contributed by atoms with Crippen molar-refractivity contribution in [2.75, 3.05) is 18.4 Å². The fraction of sp³-hybridized carbons (Fsp3) is 0.364. The third-order valence-electron chi connectivity index (χ3n) is 5.22. The van der Waals surface area contributed by atoms with Gasteiger partial charge in [-0.2, -0.15) is 0 Å². The van der Waals surface area contributed by atoms with Gasteiger partial charge in [0.05, 0.1) is 18.2 Å². The molecule has 1 aromatic carbocycles. The molecule has 0 radical (unpaired) electrons. The molecule has 5 nitrogen and oxygen atoms in total. The minimum atomic E-state index is -2.81. The number of aromatic nitrogens is 1. The molecule has 3 rings (SSSR count). The van der Waals surface area contributed by atoms with Gasteiger partial charge in [-0.3, -0.25) is 9.69 Å². The zero-order chi connectivity index (χ0) is 21.9. The lowest BCUT2D eigenvalue weighted by atomic mass is 9.87. The summed E-state index contributed by atoms with van der Waals surface area (Å²) in [6.45, 7) is 7.15. The fourth-order valence-electron chi connectivity index (χ4n) is 3.34. The van der Waals surface area contributed by atoms with Gasteiger partial charge in [-0.25, -0.2) is 18.2 Å². The molecule has 1 aliphatic rings. The number of nitrogens with zero attached hydrogens (tertiary/aromatic N) is 2. The summed E-state index contributed by atoms with van der Waals surface area (Å²) in [5.41, 5.74) is 0.413. The lowest BCUT2D eigenvalue weighted by Crippen LogP contribution is -2.53. The number of rotatable bonds is 6. The van der Waals surface area contributed by atoms with Gasteiger partial charge in [0.25, 0.3) is 5.92 Å². The van der Waals surface area contributed by atoms with Gasteiger partial charge in [-0.15, -0.1) is 0 Å². The van der Waals surface area contributed by atoms with Gasteiger partial charge >= 0.3 is 0 Å². The number of benzene rings is 1. The molecule has 1 saturated heterocycles. The number of carbonyl (C=O) groups excluding carboxylic acids is 1. The first-order valence-corrected chi connectivity index (χ1v) is 9.63. The Kier molecular flexibility index (Phi) is 6.45. The number of hydrogen-bond acceptors (Lipinski definition) is 4. The number of alkyl halides is 2. The number of hydrogen-bond donors (Lipinski definition) is 1. The largest absolute Gasteiger partial charge is 0.456 e. The zero-order valence-electron chi connectivity index (χ0n) is 16.9. The Hall–Kier alpha value is -2.87. The van der Waals surface area contributed by atoms with E-state index in [1.54, 1.807) is 30.9 Å². The minimum absolute atomic E-state index is 0.0782. The number of nitrogens with one attached hydrogen (secondary N) is 1. The van der Waals surface area contributed by atoms with Crippen LogP contribution in [0, 0.1) is 11.7 Å². The summed E-state index contributed by atoms with van der Waals surface area (Å²) in [6, 6.07) is 8.15. The third-order valence-corrected chi connectivity index (χ3v) is 5.22. The highest BCUT2D eigenvalue weighted by atomic mass is 19.3. The van der Waals surface area contributed by atoms with E-state index in [1.807, 2.05) is 0 Å². The summed E-state index contributed by atoms with van der Waals surface area (Å²) in [4.78, 5) is 18.5. The van der Waals surface area contributed by atoms with Crippen LogP contribution in [0.2, 0.25) is 0 Å². The molecule has 1 aliphatic heterocycles. The van der Waals surface area contributed by atoms with Gasteiger partial charge in [-0.05, 0) is 50.2 Å². The molecule has 2 atom stereocenters. The number of ether oxygens (including phenoxy) is 1. The Bertz CT molecular complexity index is 901. The first-order valence-electron chi connectivity index (χ1n) is 9.63. The first kappa shape index (κ1) is 21.8. The second-order valence-electron chi connectivity index (χ2n) is 7.51. The summed E-state index contributed by atoms with van der Waals surface area (Å²) in [5.74, 6) is -3.27. The van der Waals surface area contributed by atoms with Crippen LogP contribution in [0.3, 0.4) is 0 Å². The molecule has 1 fully saturated rings. The topological polar surface area (TPSA) is 54.5 Å². The highest BCUT2D eigenvalue weighted by Gasteiger charge is 2.45. The van der Waals surface area contributed by atoms with Crippen LogP contribution < -0.4 is 10.1 Å². The Morgan fingerprint density at radius 2 is 1.93 bits per heavy atom. The Morgan fingerprint density at radius 3 is 2.53 bits per heavy atom. The monoisotopic (exact) mass is 419 g/mol. The number of anilines is 1. The lowest BCUT2D eigenvalue weighted by molar-refractivity contribution is -0.128. The maximum Gasteiger partial charge on any atom is 0.257 e. The highest BCUT2D eigenvalue weighted by molar-refractivity contribution is 5.93. The molecule has 0 spiro atoms. The molecule has 0 aliphatic carbocycles. The van der Waals surface area contributed by atoms with E-state index in [1.165, 1.54) is 30.5 Å². The Balaban J connectivity index is 1.58. The summed E-state index contributed by atoms with van der Waals surface area (Å²) in [7, 11) is 0. The van der Waals surface area contributed by atoms with Crippen LogP contribution >= 0.6 is 0 Å². The standard InChI is InChI=1S/C22H24F3N3O2/c1-14(2)19-13-28(11-10-22(19,24)25)15(3)21(29)27-20-9-8-18(12-26-20)30-17-6-4-16(23)5-7-17/h4-9,12,15,19H,1,10-11,13H2,2-3H3,(H,26,27,29). The second kappa shape index (κ2) is 8.87. The number of carbonyl (C=O) groups is 1. The molecule has 2 aromatic rings. The minimum Gasteiger partial charge on any atom is -0.456 e. The van der Waals surface area contributed by atoms with E-state index in [0.29, 0.717) is 22.9 Å². The van der Waals surface area contributed by atoms with Crippen molar-refractivity contribution >= 4 is 11.7 Å². The van der Waals surface area contributed by atoms with E-state index in [9.17, 15) is 18.0 Å². The van der Waals surface area contributed by atoms with Crippen molar-refractivity contribution in [3.63, 3.8) is 0 Å². The quantitative estimate of drug-likeness (QED) is 0.679. The molecule has 0 bridgehead atoms. The van der Waals surface area contributed by atoms with Crippen LogP contribution in [0.25, 0.3) is 0 Å². The van der Waals surface area contributed by atoms with Crippen molar-refractivity contribution in [2.45, 2.75) is 32.2 Å². The molecule has 1 aromatic heterocycles. The van der Waals surface area contributed by atoms with Gasteiger partial charge in [-0.1, -0.05) is 12.2 Å². The molecule has 1 amide bonds. The average molecular weight is 419 g/mol. The summed E-state index contributed by atoms with van der Waals surface area (Å²) < 4.78 is 46.7. The normalized spacial score (nSPS) is 19.7. The summed E-state index contributed by atoms with van der Waals surface area (Å²) >= 11 is 0. The van der Waals surface area contributed by atoms with Crippen molar-refractivity contribution in [2.24, 2.45) is 5.92 Å². The molecular formula is C22H24F3N3O2. The van der Waals surface area contributed by atoms with Crippen molar-refractivity contribution in [1.82, 2.24) is 9.88 Å². The lowest BCUT2D eigenvalue weighted by Gasteiger charge is -2.40. The van der Waals surface area contributed by atoms with Crippen LogP contribution in [0.4, 0.5) is 19.0 Å². The van der Waals surface area contributed by atoms with Gasteiger partial charge in [0.1, 0.15) is 23.1 Å². The average Bonchev–Trinajstić information content (AvgIpc) is 2.70. The Morgan fingerprint density at radius 1 is 1.27 bits per heavy atom. The SMILES string of the molecule is C=C(C)C1CN(C(C)C(=O)Nc2ccc(Oc3ccc(F)cc3)cn2)CCC1(F)F. The van der Waals surface area contributed by atoms with Crippen LogP contribution in [0.1, 0.15) is 20.3 Å². The number of halogens is 3. The van der Waals surface area contributed by atoms with Gasteiger partial charge in [0.2, 0.25) is 5.91 Å². The van der Waals surface area contributed by atoms with Crippen molar-refractivity contribution in [1.29, 1.82) is 0 Å². The van der Waals surface area contributed by atoms with Crippen LogP contribution in [-0.4, -0.2) is 40.8 Å². The molecular weight excluding hydrogens is 395 g/mol. The van der Waals surface area contributed by atoms with E-state index in [-0.39, 0.29) is 31.2 Å². The molecule has 0 saturated carbocycles. The van der Waals surface area contributed by atoms with Gasteiger partial charge < -0.3 is 10.1 Å². The third kappa shape index (κ3) is 5.18. The maximum atomic E-state index is 14.1. The van der Waals surface area contributed by atoms with E-state index < -0.39 is 17.9 Å². The highest BCUT2D eigenvalue weighted by Crippen LogP contribution is 2.37. The number of piperidine rings is 1. The first-order chi connectivity index (χ1) is 14.2. The maximum absolute atomic E-state index is 14.1. The van der Waals surface area contributed by atoms with Crippen LogP contribution in [0.15, 0.2) is 54.7 Å². The van der Waals surface area contributed by atoms with E-state index in [4.69, 9.17) is 4.74 Å². The summed E-state index contributed by atoms with van der Waals surface area (Å²) in [5, 5.41) is 2.70. The molecule has 8 heteroatoms. The second-order valence-corrected chi connectivity index (χ2v) is 7.51.